The lowest BCUT2D eigenvalue weighted by Crippen LogP contribution is -2.20. The highest BCUT2D eigenvalue weighted by Gasteiger charge is 2.14. The van der Waals surface area contributed by atoms with Gasteiger partial charge in [-0.15, -0.1) is 10.2 Å². The molecule has 1 aliphatic rings. The molecular weight excluding hydrogens is 402 g/mol. The fraction of sp³-hybridized carbons (Fsp3) is 0.227. The van der Waals surface area contributed by atoms with E-state index in [4.69, 9.17) is 16.3 Å². The number of anilines is 3. The van der Waals surface area contributed by atoms with Gasteiger partial charge in [0, 0.05) is 29.4 Å². The van der Waals surface area contributed by atoms with Gasteiger partial charge in [-0.3, -0.25) is 0 Å². The van der Waals surface area contributed by atoms with Gasteiger partial charge in [-0.2, -0.15) is 0 Å². The Bertz CT molecular complexity index is 1040. The number of rotatable bonds is 5. The number of carbonyl (C=O) groups excluding carboxylic acids is 1. The molecule has 1 aromatic heterocycles. The maximum absolute atomic E-state index is 12.4. The van der Waals surface area contributed by atoms with Crippen LogP contribution in [0.1, 0.15) is 12.8 Å². The monoisotopic (exact) mass is 423 g/mol. The van der Waals surface area contributed by atoms with Crippen LogP contribution in [-0.4, -0.2) is 36.4 Å². The van der Waals surface area contributed by atoms with Gasteiger partial charge in [-0.25, -0.2) is 4.79 Å². The Morgan fingerprint density at radius 2 is 1.87 bits per heavy atom. The lowest BCUT2D eigenvalue weighted by molar-refractivity contribution is 0.262. The maximum Gasteiger partial charge on any atom is 0.323 e. The topological polar surface area (TPSA) is 79.4 Å². The second kappa shape index (κ2) is 9.00. The first-order valence-electron chi connectivity index (χ1n) is 9.73. The lowest BCUT2D eigenvalue weighted by atomic mass is 10.1. The van der Waals surface area contributed by atoms with Crippen LogP contribution in [0.3, 0.4) is 0 Å². The smallest absolute Gasteiger partial charge is 0.323 e. The van der Waals surface area contributed by atoms with Crippen LogP contribution in [-0.2, 0) is 0 Å². The zero-order chi connectivity index (χ0) is 20.9. The summed E-state index contributed by atoms with van der Waals surface area (Å²) >= 11 is 6.02. The minimum absolute atomic E-state index is 0.400. The molecule has 2 amide bonds. The molecule has 0 radical (unpaired) electrons. The second-order valence-electron chi connectivity index (χ2n) is 6.98. The average molecular weight is 424 g/mol. The van der Waals surface area contributed by atoms with Crippen LogP contribution >= 0.6 is 11.6 Å². The molecule has 0 aliphatic carbocycles. The van der Waals surface area contributed by atoms with Crippen molar-refractivity contribution in [3.63, 3.8) is 0 Å². The third kappa shape index (κ3) is 4.63. The van der Waals surface area contributed by atoms with E-state index in [0.717, 1.165) is 30.2 Å². The predicted octanol–water partition coefficient (Wildman–Crippen LogP) is 5.05. The molecule has 3 aromatic rings. The van der Waals surface area contributed by atoms with Crippen molar-refractivity contribution in [3.8, 4) is 17.0 Å². The minimum Gasteiger partial charge on any atom is -0.495 e. The van der Waals surface area contributed by atoms with Gasteiger partial charge in [0.25, 0.3) is 0 Å². The number of nitrogens with one attached hydrogen (secondary N) is 2. The van der Waals surface area contributed by atoms with Crippen LogP contribution in [0.2, 0.25) is 5.02 Å². The number of halogens is 1. The number of hydrogen-bond donors (Lipinski definition) is 2. The molecule has 7 nitrogen and oxygen atoms in total. The van der Waals surface area contributed by atoms with E-state index in [2.05, 4.69) is 25.7 Å². The van der Waals surface area contributed by atoms with Gasteiger partial charge in [-0.05, 0) is 55.3 Å². The largest absolute Gasteiger partial charge is 0.495 e. The first kappa shape index (κ1) is 20.0. The van der Waals surface area contributed by atoms with E-state index >= 15 is 0 Å². The molecule has 1 saturated heterocycles. The Hall–Kier alpha value is -3.32. The third-order valence-corrected chi connectivity index (χ3v) is 5.14. The van der Waals surface area contributed by atoms with E-state index in [9.17, 15) is 4.79 Å². The number of ether oxygens (including phenoxy) is 1. The van der Waals surface area contributed by atoms with Crippen molar-refractivity contribution in [2.24, 2.45) is 0 Å². The summed E-state index contributed by atoms with van der Waals surface area (Å²) in [7, 11) is 1.53. The fourth-order valence-corrected chi connectivity index (χ4v) is 3.59. The summed E-state index contributed by atoms with van der Waals surface area (Å²) in [5.74, 6) is 1.43. The summed E-state index contributed by atoms with van der Waals surface area (Å²) < 4.78 is 5.26. The molecule has 154 valence electrons. The molecule has 0 unspecified atom stereocenters. The van der Waals surface area contributed by atoms with E-state index in [1.54, 1.807) is 18.2 Å². The number of carbonyl (C=O) groups is 1. The van der Waals surface area contributed by atoms with E-state index in [1.807, 2.05) is 36.4 Å². The minimum atomic E-state index is -0.400. The molecule has 0 spiro atoms. The average Bonchev–Trinajstić information content (AvgIpc) is 3.29. The zero-order valence-electron chi connectivity index (χ0n) is 16.6. The number of amides is 2. The Morgan fingerprint density at radius 3 is 2.60 bits per heavy atom. The number of hydrogen-bond acceptors (Lipinski definition) is 5. The Morgan fingerprint density at radius 1 is 1.03 bits per heavy atom. The lowest BCUT2D eigenvalue weighted by Gasteiger charge is -2.15. The molecule has 1 fully saturated rings. The summed E-state index contributed by atoms with van der Waals surface area (Å²) in [4.78, 5) is 14.7. The molecule has 1 aliphatic heterocycles. The number of aromatic nitrogens is 2. The number of benzene rings is 2. The van der Waals surface area contributed by atoms with E-state index in [0.29, 0.717) is 22.1 Å². The number of methoxy groups -OCH3 is 1. The molecule has 0 atom stereocenters. The van der Waals surface area contributed by atoms with Crippen molar-refractivity contribution in [1.29, 1.82) is 0 Å². The second-order valence-corrected chi connectivity index (χ2v) is 7.41. The predicted molar refractivity (Wildman–Crippen MR) is 120 cm³/mol. The van der Waals surface area contributed by atoms with E-state index in [1.165, 1.54) is 20.0 Å². The highest BCUT2D eigenvalue weighted by atomic mass is 35.5. The third-order valence-electron chi connectivity index (χ3n) is 4.91. The molecule has 0 saturated carbocycles. The normalized spacial score (nSPS) is 13.2. The van der Waals surface area contributed by atoms with Crippen LogP contribution in [0.5, 0.6) is 5.75 Å². The van der Waals surface area contributed by atoms with Gasteiger partial charge in [0.05, 0.1) is 18.5 Å². The van der Waals surface area contributed by atoms with Crippen molar-refractivity contribution in [2.45, 2.75) is 12.8 Å². The van der Waals surface area contributed by atoms with Crippen molar-refractivity contribution >= 4 is 34.8 Å². The Kier molecular flexibility index (Phi) is 5.99. The highest BCUT2D eigenvalue weighted by Crippen LogP contribution is 2.28. The zero-order valence-corrected chi connectivity index (χ0v) is 17.3. The molecular formula is C22H22ClN5O2. The molecule has 30 heavy (non-hydrogen) atoms. The SMILES string of the molecule is COc1ccc(Cl)cc1NC(=O)Nc1cccc(-c2ccc(N3CCCC3)nn2)c1. The standard InChI is InChI=1S/C22H22ClN5O2/c1-30-20-9-7-16(23)14-19(20)25-22(29)24-17-6-4-5-15(13-17)18-8-10-21(27-26-18)28-11-2-3-12-28/h4-10,13-14H,2-3,11-12H2,1H3,(H2,24,25,29). The fourth-order valence-electron chi connectivity index (χ4n) is 3.41. The van der Waals surface area contributed by atoms with Crippen LogP contribution in [0.4, 0.5) is 22.0 Å². The summed E-state index contributed by atoms with van der Waals surface area (Å²) in [5, 5.41) is 14.8. The molecule has 4 rings (SSSR count). The van der Waals surface area contributed by atoms with Gasteiger partial charge in [-0.1, -0.05) is 23.7 Å². The summed E-state index contributed by atoms with van der Waals surface area (Å²) in [6, 6.07) is 16.0. The molecule has 0 bridgehead atoms. The van der Waals surface area contributed by atoms with Gasteiger partial charge in [0.1, 0.15) is 5.75 Å². The van der Waals surface area contributed by atoms with Crippen molar-refractivity contribution in [2.75, 3.05) is 35.7 Å². The highest BCUT2D eigenvalue weighted by molar-refractivity contribution is 6.31. The van der Waals surface area contributed by atoms with Crippen LogP contribution in [0, 0.1) is 0 Å². The van der Waals surface area contributed by atoms with Crippen molar-refractivity contribution < 1.29 is 9.53 Å². The summed E-state index contributed by atoms with van der Waals surface area (Å²) in [6.45, 7) is 2.06. The van der Waals surface area contributed by atoms with Crippen molar-refractivity contribution in [1.82, 2.24) is 10.2 Å². The molecule has 2 N–H and O–H groups in total. The Balaban J connectivity index is 1.45. The van der Waals surface area contributed by atoms with Gasteiger partial charge < -0.3 is 20.3 Å². The molecule has 2 aromatic carbocycles. The van der Waals surface area contributed by atoms with Crippen LogP contribution in [0.15, 0.2) is 54.6 Å². The number of urea groups is 1. The maximum atomic E-state index is 12.4. The van der Waals surface area contributed by atoms with Gasteiger partial charge >= 0.3 is 6.03 Å². The van der Waals surface area contributed by atoms with Crippen LogP contribution < -0.4 is 20.3 Å². The van der Waals surface area contributed by atoms with Gasteiger partial charge in [0.15, 0.2) is 5.82 Å². The summed E-state index contributed by atoms with van der Waals surface area (Å²) in [6.07, 6.45) is 2.39. The molecule has 2 heterocycles. The Labute approximate surface area is 180 Å². The van der Waals surface area contributed by atoms with E-state index in [-0.39, 0.29) is 0 Å². The number of nitrogens with zero attached hydrogens (tertiary/aromatic N) is 3. The summed E-state index contributed by atoms with van der Waals surface area (Å²) in [5.41, 5.74) is 2.74. The quantitative estimate of drug-likeness (QED) is 0.600. The van der Waals surface area contributed by atoms with Gasteiger partial charge in [0.2, 0.25) is 0 Å². The first-order chi connectivity index (χ1) is 14.6. The van der Waals surface area contributed by atoms with Crippen molar-refractivity contribution in [3.05, 3.63) is 59.6 Å². The molecule has 8 heteroatoms. The van der Waals surface area contributed by atoms with E-state index < -0.39 is 6.03 Å². The first-order valence-corrected chi connectivity index (χ1v) is 10.1. The van der Waals surface area contributed by atoms with Crippen LogP contribution in [0.25, 0.3) is 11.3 Å².